The SMILES string of the molecule is CN(Cc1cccnc1)c1nc(C(=O)Cc2cnoc2)c(O)c(=O)n1C. The van der Waals surface area contributed by atoms with Gasteiger partial charge in [0.05, 0.1) is 6.20 Å². The molecule has 3 rings (SSSR count). The Balaban J connectivity index is 1.94. The monoisotopic (exact) mass is 355 g/mol. The van der Waals surface area contributed by atoms with Crippen molar-refractivity contribution in [3.8, 4) is 5.75 Å². The molecule has 3 aromatic heterocycles. The third-order valence-corrected chi connectivity index (χ3v) is 3.84. The Bertz CT molecular complexity index is 967. The first-order valence-electron chi connectivity index (χ1n) is 7.79. The van der Waals surface area contributed by atoms with Crippen LogP contribution in [0.3, 0.4) is 0 Å². The topological polar surface area (TPSA) is 114 Å². The van der Waals surface area contributed by atoms with Gasteiger partial charge >= 0.3 is 0 Å². The highest BCUT2D eigenvalue weighted by Crippen LogP contribution is 2.18. The number of carbonyl (C=O) groups is 1. The zero-order valence-electron chi connectivity index (χ0n) is 14.3. The van der Waals surface area contributed by atoms with E-state index >= 15 is 0 Å². The van der Waals surface area contributed by atoms with E-state index in [0.717, 1.165) is 5.56 Å². The number of aromatic nitrogens is 4. The van der Waals surface area contributed by atoms with E-state index in [0.29, 0.717) is 12.1 Å². The van der Waals surface area contributed by atoms with Gasteiger partial charge in [0.25, 0.3) is 5.56 Å². The van der Waals surface area contributed by atoms with Crippen LogP contribution in [0.4, 0.5) is 5.95 Å². The van der Waals surface area contributed by atoms with Crippen molar-refractivity contribution in [1.29, 1.82) is 0 Å². The van der Waals surface area contributed by atoms with E-state index < -0.39 is 17.1 Å². The average molecular weight is 355 g/mol. The van der Waals surface area contributed by atoms with Gasteiger partial charge in [-0.15, -0.1) is 0 Å². The Kier molecular flexibility index (Phi) is 4.78. The molecule has 3 aromatic rings. The summed E-state index contributed by atoms with van der Waals surface area (Å²) in [4.78, 5) is 34.8. The van der Waals surface area contributed by atoms with E-state index in [2.05, 4.69) is 19.6 Å². The van der Waals surface area contributed by atoms with Gasteiger partial charge in [0.15, 0.2) is 11.5 Å². The van der Waals surface area contributed by atoms with Crippen molar-refractivity contribution < 1.29 is 14.4 Å². The molecule has 0 spiro atoms. The molecule has 0 aliphatic rings. The van der Waals surface area contributed by atoms with E-state index in [1.165, 1.54) is 24.1 Å². The van der Waals surface area contributed by atoms with Crippen molar-refractivity contribution in [3.05, 3.63) is 64.2 Å². The van der Waals surface area contributed by atoms with Gasteiger partial charge in [0.2, 0.25) is 11.7 Å². The normalized spacial score (nSPS) is 10.7. The minimum atomic E-state index is -0.693. The predicted molar refractivity (Wildman–Crippen MR) is 92.0 cm³/mol. The van der Waals surface area contributed by atoms with Gasteiger partial charge in [0.1, 0.15) is 6.26 Å². The molecule has 26 heavy (non-hydrogen) atoms. The second kappa shape index (κ2) is 7.18. The molecular weight excluding hydrogens is 338 g/mol. The molecule has 0 bridgehead atoms. The predicted octanol–water partition coefficient (Wildman–Crippen LogP) is 0.931. The molecule has 0 atom stereocenters. The summed E-state index contributed by atoms with van der Waals surface area (Å²) in [5, 5.41) is 13.6. The van der Waals surface area contributed by atoms with Crippen LogP contribution < -0.4 is 10.5 Å². The summed E-state index contributed by atoms with van der Waals surface area (Å²) in [5.41, 5.74) is 0.473. The van der Waals surface area contributed by atoms with Crippen molar-refractivity contribution >= 4 is 11.7 Å². The van der Waals surface area contributed by atoms with Crippen LogP contribution in [0, 0.1) is 0 Å². The molecule has 0 saturated carbocycles. The Morgan fingerprint density at radius 3 is 2.81 bits per heavy atom. The molecule has 1 N–H and O–H groups in total. The van der Waals surface area contributed by atoms with Gasteiger partial charge in [-0.05, 0) is 11.6 Å². The summed E-state index contributed by atoms with van der Waals surface area (Å²) < 4.78 is 5.88. The van der Waals surface area contributed by atoms with Gasteiger partial charge in [-0.3, -0.25) is 19.1 Å². The number of ketones is 1. The lowest BCUT2D eigenvalue weighted by molar-refractivity contribution is 0.0984. The van der Waals surface area contributed by atoms with Crippen LogP contribution in [-0.2, 0) is 20.0 Å². The zero-order valence-corrected chi connectivity index (χ0v) is 14.3. The average Bonchev–Trinajstić information content (AvgIpc) is 3.13. The number of Topliss-reactive ketones (excluding diaryl/α,β-unsaturated/α-hetero) is 1. The quantitative estimate of drug-likeness (QED) is 0.650. The lowest BCUT2D eigenvalue weighted by Gasteiger charge is -2.21. The lowest BCUT2D eigenvalue weighted by atomic mass is 10.1. The molecule has 0 fully saturated rings. The fraction of sp³-hybridized carbons (Fsp3) is 0.235. The summed E-state index contributed by atoms with van der Waals surface area (Å²) in [7, 11) is 3.22. The highest BCUT2D eigenvalue weighted by molar-refractivity contribution is 5.98. The maximum Gasteiger partial charge on any atom is 0.297 e. The first kappa shape index (κ1) is 17.3. The summed E-state index contributed by atoms with van der Waals surface area (Å²) in [6, 6.07) is 3.69. The van der Waals surface area contributed by atoms with Crippen molar-refractivity contribution in [3.63, 3.8) is 0 Å². The van der Waals surface area contributed by atoms with Crippen molar-refractivity contribution in [2.24, 2.45) is 7.05 Å². The van der Waals surface area contributed by atoms with E-state index in [-0.39, 0.29) is 18.1 Å². The molecule has 0 radical (unpaired) electrons. The summed E-state index contributed by atoms with van der Waals surface area (Å²) in [6.07, 6.45) is 6.01. The maximum absolute atomic E-state index is 12.5. The van der Waals surface area contributed by atoms with E-state index in [1.54, 1.807) is 30.4 Å². The number of hydrogen-bond acceptors (Lipinski definition) is 8. The lowest BCUT2D eigenvalue weighted by Crippen LogP contribution is -2.30. The number of pyridine rings is 1. The van der Waals surface area contributed by atoms with Gasteiger partial charge in [-0.1, -0.05) is 11.2 Å². The minimum absolute atomic E-state index is 0.0804. The first-order valence-corrected chi connectivity index (χ1v) is 7.79. The fourth-order valence-corrected chi connectivity index (χ4v) is 2.53. The van der Waals surface area contributed by atoms with E-state index in [4.69, 9.17) is 0 Å². The number of aromatic hydroxyl groups is 1. The van der Waals surface area contributed by atoms with Crippen molar-refractivity contribution in [2.75, 3.05) is 11.9 Å². The molecule has 0 saturated heterocycles. The second-order valence-corrected chi connectivity index (χ2v) is 5.82. The minimum Gasteiger partial charge on any atom is -0.501 e. The van der Waals surface area contributed by atoms with Crippen LogP contribution in [0.5, 0.6) is 5.75 Å². The Morgan fingerprint density at radius 1 is 1.35 bits per heavy atom. The van der Waals surface area contributed by atoms with Gasteiger partial charge in [-0.25, -0.2) is 4.98 Å². The van der Waals surface area contributed by atoms with Crippen molar-refractivity contribution in [2.45, 2.75) is 13.0 Å². The summed E-state index contributed by atoms with van der Waals surface area (Å²) >= 11 is 0. The van der Waals surface area contributed by atoms with Crippen LogP contribution >= 0.6 is 0 Å². The highest BCUT2D eigenvalue weighted by Gasteiger charge is 2.22. The number of hydrogen-bond donors (Lipinski definition) is 1. The summed E-state index contributed by atoms with van der Waals surface area (Å²) in [5.74, 6) is -0.919. The van der Waals surface area contributed by atoms with Crippen LogP contribution in [0.25, 0.3) is 0 Å². The van der Waals surface area contributed by atoms with Crippen LogP contribution in [0.15, 0.2) is 46.3 Å². The third-order valence-electron chi connectivity index (χ3n) is 3.84. The van der Waals surface area contributed by atoms with Crippen molar-refractivity contribution in [1.82, 2.24) is 19.7 Å². The van der Waals surface area contributed by atoms with Crippen LogP contribution in [0.2, 0.25) is 0 Å². The molecular formula is C17H17N5O4. The Morgan fingerprint density at radius 2 is 2.15 bits per heavy atom. The molecule has 0 aliphatic carbocycles. The first-order chi connectivity index (χ1) is 12.5. The van der Waals surface area contributed by atoms with Crippen LogP contribution in [-0.4, -0.2) is 37.6 Å². The van der Waals surface area contributed by atoms with Gasteiger partial charge < -0.3 is 14.5 Å². The molecule has 9 nitrogen and oxygen atoms in total. The number of carbonyl (C=O) groups excluding carboxylic acids is 1. The molecule has 3 heterocycles. The molecule has 9 heteroatoms. The molecule has 0 aliphatic heterocycles. The number of rotatable bonds is 6. The number of anilines is 1. The fourth-order valence-electron chi connectivity index (χ4n) is 2.53. The standard InChI is InChI=1S/C17H17N5O4/c1-21(9-11-4-3-5-18-7-11)17-20-14(15(24)16(25)22(17)2)13(23)6-12-8-19-26-10-12/h3-5,7-8,10,24H,6,9H2,1-2H3. The summed E-state index contributed by atoms with van der Waals surface area (Å²) in [6.45, 7) is 0.429. The Labute approximate surface area is 148 Å². The number of nitrogens with zero attached hydrogens (tertiary/aromatic N) is 5. The molecule has 0 aromatic carbocycles. The highest BCUT2D eigenvalue weighted by atomic mass is 16.5. The largest absolute Gasteiger partial charge is 0.501 e. The molecule has 0 unspecified atom stereocenters. The third kappa shape index (κ3) is 3.46. The van der Waals surface area contributed by atoms with Gasteiger partial charge in [-0.2, -0.15) is 0 Å². The maximum atomic E-state index is 12.5. The second-order valence-electron chi connectivity index (χ2n) is 5.82. The van der Waals surface area contributed by atoms with Gasteiger partial charge in [0, 0.05) is 45.0 Å². The molecule has 0 amide bonds. The van der Waals surface area contributed by atoms with E-state index in [9.17, 15) is 14.7 Å². The van der Waals surface area contributed by atoms with Crippen LogP contribution in [0.1, 0.15) is 21.6 Å². The molecule has 134 valence electrons. The zero-order chi connectivity index (χ0) is 18.7. The smallest absolute Gasteiger partial charge is 0.297 e. The van der Waals surface area contributed by atoms with E-state index in [1.807, 2.05) is 6.07 Å². The Hall–Kier alpha value is -3.49.